The topological polar surface area (TPSA) is 54.5 Å². The molecule has 23 heavy (non-hydrogen) atoms. The average molecular weight is 309 g/mol. The van der Waals surface area contributed by atoms with Crippen molar-refractivity contribution < 1.29 is 9.53 Å². The normalized spacial score (nSPS) is 14.9. The van der Waals surface area contributed by atoms with Crippen LogP contribution in [0.5, 0.6) is 0 Å². The van der Waals surface area contributed by atoms with Crippen LogP contribution in [-0.4, -0.2) is 37.2 Å². The Labute approximate surface area is 135 Å². The quantitative estimate of drug-likeness (QED) is 0.882. The standard InChI is InChI=1S/C18H19N3O2/c22-18(7-6-15-3-2-8-19-14-15)20-16-4-1-5-17(13-16)21-9-11-23-12-10-21/h1-8,13-14H,9-12H2,(H,20,22). The lowest BCUT2D eigenvalue weighted by Crippen LogP contribution is -2.36. The first kappa shape index (κ1) is 15.2. The number of morpholine rings is 1. The fourth-order valence-corrected chi connectivity index (χ4v) is 2.43. The third-order valence-electron chi connectivity index (χ3n) is 3.60. The van der Waals surface area contributed by atoms with E-state index < -0.39 is 0 Å². The van der Waals surface area contributed by atoms with Gasteiger partial charge in [0.15, 0.2) is 0 Å². The number of hydrogen-bond acceptors (Lipinski definition) is 4. The van der Waals surface area contributed by atoms with Gasteiger partial charge in [0.2, 0.25) is 5.91 Å². The Morgan fingerprint density at radius 1 is 1.22 bits per heavy atom. The van der Waals surface area contributed by atoms with Gasteiger partial charge in [-0.1, -0.05) is 12.1 Å². The summed E-state index contributed by atoms with van der Waals surface area (Å²) in [5.74, 6) is -0.159. The summed E-state index contributed by atoms with van der Waals surface area (Å²) in [5, 5.41) is 2.89. The van der Waals surface area contributed by atoms with Crippen molar-refractivity contribution in [2.75, 3.05) is 36.5 Å². The van der Waals surface area contributed by atoms with Crippen LogP contribution in [-0.2, 0) is 9.53 Å². The summed E-state index contributed by atoms with van der Waals surface area (Å²) in [5.41, 5.74) is 2.78. The molecule has 1 N–H and O–H groups in total. The zero-order valence-electron chi connectivity index (χ0n) is 12.8. The van der Waals surface area contributed by atoms with Gasteiger partial charge in [0.1, 0.15) is 0 Å². The number of nitrogens with one attached hydrogen (secondary N) is 1. The van der Waals surface area contributed by atoms with Gasteiger partial charge in [0.05, 0.1) is 13.2 Å². The number of pyridine rings is 1. The molecule has 0 saturated carbocycles. The highest BCUT2D eigenvalue weighted by Crippen LogP contribution is 2.20. The number of amides is 1. The monoisotopic (exact) mass is 309 g/mol. The molecule has 118 valence electrons. The van der Waals surface area contributed by atoms with Crippen LogP contribution in [0.4, 0.5) is 11.4 Å². The average Bonchev–Trinajstić information content (AvgIpc) is 2.62. The maximum absolute atomic E-state index is 12.0. The molecule has 3 rings (SSSR count). The summed E-state index contributed by atoms with van der Waals surface area (Å²) in [6, 6.07) is 11.6. The minimum atomic E-state index is -0.159. The lowest BCUT2D eigenvalue weighted by atomic mass is 10.2. The van der Waals surface area contributed by atoms with E-state index in [1.54, 1.807) is 18.5 Å². The number of benzene rings is 1. The number of hydrogen-bond donors (Lipinski definition) is 1. The third kappa shape index (κ3) is 4.40. The Morgan fingerprint density at radius 2 is 2.09 bits per heavy atom. The van der Waals surface area contributed by atoms with Crippen LogP contribution in [0.15, 0.2) is 54.9 Å². The first-order valence-electron chi connectivity index (χ1n) is 7.63. The molecule has 1 aliphatic heterocycles. The molecule has 5 nitrogen and oxygen atoms in total. The van der Waals surface area contributed by atoms with E-state index in [-0.39, 0.29) is 5.91 Å². The maximum atomic E-state index is 12.0. The minimum Gasteiger partial charge on any atom is -0.378 e. The molecule has 0 aliphatic carbocycles. The van der Waals surface area contributed by atoms with E-state index in [1.165, 1.54) is 6.08 Å². The predicted molar refractivity (Wildman–Crippen MR) is 91.4 cm³/mol. The highest BCUT2D eigenvalue weighted by Gasteiger charge is 2.11. The molecule has 1 saturated heterocycles. The van der Waals surface area contributed by atoms with Crippen molar-refractivity contribution in [3.8, 4) is 0 Å². The van der Waals surface area contributed by atoms with E-state index in [9.17, 15) is 4.79 Å². The van der Waals surface area contributed by atoms with E-state index in [4.69, 9.17) is 4.74 Å². The molecule has 5 heteroatoms. The number of anilines is 2. The Balaban J connectivity index is 1.63. The summed E-state index contributed by atoms with van der Waals surface area (Å²) >= 11 is 0. The van der Waals surface area contributed by atoms with Crippen LogP contribution in [0.25, 0.3) is 6.08 Å². The third-order valence-corrected chi connectivity index (χ3v) is 3.60. The van der Waals surface area contributed by atoms with E-state index in [0.717, 1.165) is 43.2 Å². The Morgan fingerprint density at radius 3 is 2.87 bits per heavy atom. The van der Waals surface area contributed by atoms with Gasteiger partial charge in [0, 0.05) is 42.9 Å². The zero-order valence-corrected chi connectivity index (χ0v) is 12.8. The summed E-state index contributed by atoms with van der Waals surface area (Å²) in [7, 11) is 0. The molecule has 2 heterocycles. The van der Waals surface area contributed by atoms with Crippen LogP contribution < -0.4 is 10.2 Å². The van der Waals surface area contributed by atoms with Gasteiger partial charge in [-0.05, 0) is 35.9 Å². The number of carbonyl (C=O) groups excluding carboxylic acids is 1. The first-order valence-corrected chi connectivity index (χ1v) is 7.63. The number of rotatable bonds is 4. The first-order chi connectivity index (χ1) is 11.3. The largest absolute Gasteiger partial charge is 0.378 e. The highest BCUT2D eigenvalue weighted by atomic mass is 16.5. The second-order valence-electron chi connectivity index (χ2n) is 5.26. The number of nitrogens with zero attached hydrogens (tertiary/aromatic N) is 2. The van der Waals surface area contributed by atoms with Crippen LogP contribution >= 0.6 is 0 Å². The maximum Gasteiger partial charge on any atom is 0.248 e. The lowest BCUT2D eigenvalue weighted by Gasteiger charge is -2.29. The Bertz CT molecular complexity index is 680. The molecule has 2 aromatic rings. The molecular formula is C18H19N3O2. The molecule has 0 spiro atoms. The molecule has 1 aliphatic rings. The van der Waals surface area contributed by atoms with Gasteiger partial charge in [-0.15, -0.1) is 0 Å². The molecule has 0 unspecified atom stereocenters. The smallest absolute Gasteiger partial charge is 0.248 e. The van der Waals surface area contributed by atoms with E-state index >= 15 is 0 Å². The molecule has 0 atom stereocenters. The van der Waals surface area contributed by atoms with Gasteiger partial charge in [0.25, 0.3) is 0 Å². The molecular weight excluding hydrogens is 290 g/mol. The van der Waals surface area contributed by atoms with Gasteiger partial charge < -0.3 is 15.0 Å². The second kappa shape index (κ2) is 7.56. The van der Waals surface area contributed by atoms with Crippen molar-refractivity contribution in [2.45, 2.75) is 0 Å². The summed E-state index contributed by atoms with van der Waals surface area (Å²) in [6.45, 7) is 3.23. The Hall–Kier alpha value is -2.66. The van der Waals surface area contributed by atoms with E-state index in [1.807, 2.05) is 36.4 Å². The molecule has 0 bridgehead atoms. The number of carbonyl (C=O) groups is 1. The van der Waals surface area contributed by atoms with Crippen LogP contribution in [0.2, 0.25) is 0 Å². The predicted octanol–water partition coefficient (Wildman–Crippen LogP) is 2.57. The Kier molecular flexibility index (Phi) is 5.01. The molecule has 1 fully saturated rings. The van der Waals surface area contributed by atoms with Gasteiger partial charge >= 0.3 is 0 Å². The zero-order chi connectivity index (χ0) is 15.9. The SMILES string of the molecule is O=C(C=Cc1cccnc1)Nc1cccc(N2CCOCC2)c1. The second-order valence-corrected chi connectivity index (χ2v) is 5.26. The number of ether oxygens (including phenoxy) is 1. The van der Waals surface area contributed by atoms with Crippen molar-refractivity contribution in [3.05, 3.63) is 60.4 Å². The summed E-state index contributed by atoms with van der Waals surface area (Å²) < 4.78 is 5.36. The van der Waals surface area contributed by atoms with Crippen molar-refractivity contribution in [2.24, 2.45) is 0 Å². The lowest BCUT2D eigenvalue weighted by molar-refractivity contribution is -0.111. The van der Waals surface area contributed by atoms with Gasteiger partial charge in [-0.3, -0.25) is 9.78 Å². The van der Waals surface area contributed by atoms with Gasteiger partial charge in [-0.25, -0.2) is 0 Å². The van der Waals surface area contributed by atoms with Crippen molar-refractivity contribution in [1.82, 2.24) is 4.98 Å². The highest BCUT2D eigenvalue weighted by molar-refractivity contribution is 6.02. The van der Waals surface area contributed by atoms with Gasteiger partial charge in [-0.2, -0.15) is 0 Å². The van der Waals surface area contributed by atoms with Crippen LogP contribution in [0.1, 0.15) is 5.56 Å². The fourth-order valence-electron chi connectivity index (χ4n) is 2.43. The van der Waals surface area contributed by atoms with Crippen LogP contribution in [0.3, 0.4) is 0 Å². The van der Waals surface area contributed by atoms with Crippen LogP contribution in [0, 0.1) is 0 Å². The minimum absolute atomic E-state index is 0.159. The van der Waals surface area contributed by atoms with E-state index in [0.29, 0.717) is 0 Å². The summed E-state index contributed by atoms with van der Waals surface area (Å²) in [4.78, 5) is 18.3. The number of aromatic nitrogens is 1. The van der Waals surface area contributed by atoms with Crippen molar-refractivity contribution in [1.29, 1.82) is 0 Å². The molecule has 1 aromatic carbocycles. The van der Waals surface area contributed by atoms with Crippen molar-refractivity contribution >= 4 is 23.4 Å². The molecule has 1 amide bonds. The molecule has 0 radical (unpaired) electrons. The van der Waals surface area contributed by atoms with E-state index in [2.05, 4.69) is 15.2 Å². The molecule has 1 aromatic heterocycles. The summed E-state index contributed by atoms with van der Waals surface area (Å²) in [6.07, 6.45) is 6.67. The van der Waals surface area contributed by atoms with Crippen molar-refractivity contribution in [3.63, 3.8) is 0 Å². The fraction of sp³-hybridized carbons (Fsp3) is 0.222.